The Morgan fingerprint density at radius 1 is 1.47 bits per heavy atom. The second kappa shape index (κ2) is 5.35. The van der Waals surface area contributed by atoms with E-state index >= 15 is 0 Å². The van der Waals surface area contributed by atoms with Crippen LogP contribution in [0.2, 0.25) is 0 Å². The van der Waals surface area contributed by atoms with Gasteiger partial charge in [0.25, 0.3) is 0 Å². The number of carbonyl (C=O) groups excluding carboxylic acids is 1. The lowest BCUT2D eigenvalue weighted by Gasteiger charge is -2.05. The molecule has 0 aliphatic carbocycles. The summed E-state index contributed by atoms with van der Waals surface area (Å²) < 4.78 is 0. The standard InChI is InChI=1S/C10H10N4O2S/c15-8-4-2-1-3-7(8)13-9(16)5-17-10-11-6-12-14-10/h1-4,6,15H,5H2,(H,13,16)(H,11,12,14). The molecule has 3 N–H and O–H groups in total. The number of thioether (sulfide) groups is 1. The summed E-state index contributed by atoms with van der Waals surface area (Å²) in [4.78, 5) is 15.4. The largest absolute Gasteiger partial charge is 0.506 e. The summed E-state index contributed by atoms with van der Waals surface area (Å²) in [7, 11) is 0. The molecule has 2 rings (SSSR count). The Hall–Kier alpha value is -2.02. The zero-order valence-corrected chi connectivity index (χ0v) is 9.57. The number of phenolic OH excluding ortho intramolecular Hbond substituents is 1. The monoisotopic (exact) mass is 250 g/mol. The van der Waals surface area contributed by atoms with Gasteiger partial charge in [0.05, 0.1) is 11.4 Å². The maximum absolute atomic E-state index is 11.6. The minimum Gasteiger partial charge on any atom is -0.506 e. The molecule has 0 radical (unpaired) electrons. The van der Waals surface area contributed by atoms with E-state index in [-0.39, 0.29) is 17.4 Å². The van der Waals surface area contributed by atoms with Crippen LogP contribution in [0.15, 0.2) is 35.7 Å². The molecule has 0 fully saturated rings. The molecule has 88 valence electrons. The van der Waals surface area contributed by atoms with Crippen molar-refractivity contribution in [3.63, 3.8) is 0 Å². The highest BCUT2D eigenvalue weighted by Crippen LogP contribution is 2.22. The number of carbonyl (C=O) groups is 1. The van der Waals surface area contributed by atoms with E-state index in [0.29, 0.717) is 10.8 Å². The number of hydrogen-bond donors (Lipinski definition) is 3. The number of nitrogens with zero attached hydrogens (tertiary/aromatic N) is 2. The fraction of sp³-hybridized carbons (Fsp3) is 0.100. The molecule has 0 spiro atoms. The number of nitrogens with one attached hydrogen (secondary N) is 2. The molecule has 1 amide bonds. The van der Waals surface area contributed by atoms with Crippen LogP contribution in [0.4, 0.5) is 5.69 Å². The molecule has 17 heavy (non-hydrogen) atoms. The lowest BCUT2D eigenvalue weighted by atomic mass is 10.3. The summed E-state index contributed by atoms with van der Waals surface area (Å²) in [5.74, 6) is 0.0298. The Morgan fingerprint density at radius 2 is 2.29 bits per heavy atom. The topological polar surface area (TPSA) is 90.9 Å². The van der Waals surface area contributed by atoms with Crippen molar-refractivity contribution in [3.05, 3.63) is 30.6 Å². The minimum atomic E-state index is -0.215. The van der Waals surface area contributed by atoms with Crippen LogP contribution in [0.3, 0.4) is 0 Å². The van der Waals surface area contributed by atoms with Crippen LogP contribution in [0.1, 0.15) is 0 Å². The molecule has 0 atom stereocenters. The van der Waals surface area contributed by atoms with Gasteiger partial charge >= 0.3 is 0 Å². The molecule has 7 heteroatoms. The zero-order valence-electron chi connectivity index (χ0n) is 8.75. The highest BCUT2D eigenvalue weighted by atomic mass is 32.2. The Balaban J connectivity index is 1.87. The van der Waals surface area contributed by atoms with Crippen molar-refractivity contribution in [3.8, 4) is 5.75 Å². The number of aromatic hydroxyl groups is 1. The van der Waals surface area contributed by atoms with E-state index in [2.05, 4.69) is 20.5 Å². The van der Waals surface area contributed by atoms with Crippen molar-refractivity contribution in [2.24, 2.45) is 0 Å². The Labute approximate surface area is 101 Å². The molecule has 1 aromatic heterocycles. The average molecular weight is 250 g/mol. The number of anilines is 1. The number of aromatic nitrogens is 3. The average Bonchev–Trinajstić information content (AvgIpc) is 2.82. The summed E-state index contributed by atoms with van der Waals surface area (Å²) in [6.45, 7) is 0. The van der Waals surface area contributed by atoms with Crippen LogP contribution < -0.4 is 5.32 Å². The molecular weight excluding hydrogens is 240 g/mol. The second-order valence-electron chi connectivity index (χ2n) is 3.14. The quantitative estimate of drug-likeness (QED) is 0.561. The number of H-pyrrole nitrogens is 1. The van der Waals surface area contributed by atoms with Crippen LogP contribution in [-0.4, -0.2) is 31.9 Å². The van der Waals surface area contributed by atoms with Gasteiger partial charge in [-0.2, -0.15) is 5.10 Å². The van der Waals surface area contributed by atoms with Gasteiger partial charge in [-0.25, -0.2) is 4.98 Å². The number of benzene rings is 1. The predicted molar refractivity (Wildman–Crippen MR) is 63.8 cm³/mol. The van der Waals surface area contributed by atoms with Crippen molar-refractivity contribution in [1.82, 2.24) is 15.2 Å². The van der Waals surface area contributed by atoms with Crippen LogP contribution in [-0.2, 0) is 4.79 Å². The van der Waals surface area contributed by atoms with E-state index in [0.717, 1.165) is 0 Å². The molecule has 2 aromatic rings. The number of aromatic amines is 1. The zero-order chi connectivity index (χ0) is 12.1. The Kier molecular flexibility index (Phi) is 3.61. The lowest BCUT2D eigenvalue weighted by Crippen LogP contribution is -2.14. The van der Waals surface area contributed by atoms with Gasteiger partial charge in [-0.15, -0.1) is 0 Å². The first-order chi connectivity index (χ1) is 8.25. The van der Waals surface area contributed by atoms with E-state index in [1.54, 1.807) is 18.2 Å². The maximum atomic E-state index is 11.6. The van der Waals surface area contributed by atoms with Gasteiger partial charge in [-0.1, -0.05) is 23.9 Å². The van der Waals surface area contributed by atoms with E-state index in [1.807, 2.05) is 0 Å². The van der Waals surface area contributed by atoms with Gasteiger partial charge in [0.2, 0.25) is 5.91 Å². The summed E-state index contributed by atoms with van der Waals surface area (Å²) in [5, 5.41) is 19.0. The highest BCUT2D eigenvalue weighted by molar-refractivity contribution is 7.99. The number of para-hydroxylation sites is 2. The van der Waals surface area contributed by atoms with Crippen molar-refractivity contribution in [2.75, 3.05) is 11.1 Å². The molecule has 0 saturated carbocycles. The summed E-state index contributed by atoms with van der Waals surface area (Å²) in [6.07, 6.45) is 1.38. The van der Waals surface area contributed by atoms with Crippen LogP contribution in [0.5, 0.6) is 5.75 Å². The highest BCUT2D eigenvalue weighted by Gasteiger charge is 2.07. The third-order valence-electron chi connectivity index (χ3n) is 1.91. The molecule has 0 saturated heterocycles. The second-order valence-corrected chi connectivity index (χ2v) is 4.11. The molecule has 0 aliphatic heterocycles. The van der Waals surface area contributed by atoms with Crippen molar-refractivity contribution in [2.45, 2.75) is 5.16 Å². The van der Waals surface area contributed by atoms with Gasteiger partial charge in [0.15, 0.2) is 5.16 Å². The predicted octanol–water partition coefficient (Wildman–Crippen LogP) is 1.24. The van der Waals surface area contributed by atoms with Crippen LogP contribution in [0, 0.1) is 0 Å². The van der Waals surface area contributed by atoms with E-state index in [4.69, 9.17) is 0 Å². The van der Waals surface area contributed by atoms with Gasteiger partial charge in [-0.05, 0) is 12.1 Å². The fourth-order valence-electron chi connectivity index (χ4n) is 1.16. The van der Waals surface area contributed by atoms with Crippen molar-refractivity contribution < 1.29 is 9.90 Å². The first-order valence-electron chi connectivity index (χ1n) is 4.82. The van der Waals surface area contributed by atoms with Gasteiger partial charge < -0.3 is 10.4 Å². The number of amides is 1. The SMILES string of the molecule is O=C(CSc1ncn[nH]1)Nc1ccccc1O. The smallest absolute Gasteiger partial charge is 0.234 e. The molecule has 0 bridgehead atoms. The molecule has 0 aliphatic rings. The third-order valence-corrected chi connectivity index (χ3v) is 2.79. The Bertz CT molecular complexity index is 501. The molecular formula is C10H10N4O2S. The summed E-state index contributed by atoms with van der Waals surface area (Å²) >= 11 is 1.24. The number of rotatable bonds is 4. The van der Waals surface area contributed by atoms with Crippen LogP contribution in [0.25, 0.3) is 0 Å². The van der Waals surface area contributed by atoms with Gasteiger partial charge in [0, 0.05) is 0 Å². The summed E-state index contributed by atoms with van der Waals surface area (Å²) in [6, 6.07) is 6.57. The fourth-order valence-corrected chi connectivity index (χ4v) is 1.74. The van der Waals surface area contributed by atoms with Crippen molar-refractivity contribution >= 4 is 23.4 Å². The third kappa shape index (κ3) is 3.22. The normalized spacial score (nSPS) is 10.1. The minimum absolute atomic E-state index is 0.0468. The summed E-state index contributed by atoms with van der Waals surface area (Å²) in [5.41, 5.74) is 0.399. The van der Waals surface area contributed by atoms with E-state index in [1.165, 1.54) is 24.2 Å². The molecule has 1 heterocycles. The molecule has 1 aromatic carbocycles. The van der Waals surface area contributed by atoms with Crippen LogP contribution >= 0.6 is 11.8 Å². The molecule has 6 nitrogen and oxygen atoms in total. The number of phenols is 1. The first-order valence-corrected chi connectivity index (χ1v) is 5.80. The first kappa shape index (κ1) is 11.5. The van der Waals surface area contributed by atoms with E-state index < -0.39 is 0 Å². The van der Waals surface area contributed by atoms with Gasteiger partial charge in [-0.3, -0.25) is 9.89 Å². The van der Waals surface area contributed by atoms with Crippen molar-refractivity contribution in [1.29, 1.82) is 0 Å². The Morgan fingerprint density at radius 3 is 3.00 bits per heavy atom. The maximum Gasteiger partial charge on any atom is 0.234 e. The van der Waals surface area contributed by atoms with E-state index in [9.17, 15) is 9.90 Å². The molecule has 0 unspecified atom stereocenters. The van der Waals surface area contributed by atoms with Gasteiger partial charge in [0.1, 0.15) is 12.1 Å². The number of hydrogen-bond acceptors (Lipinski definition) is 5. The lowest BCUT2D eigenvalue weighted by molar-refractivity contribution is -0.113.